The molecule has 0 aromatic heterocycles. The number of thiocyanates is 1. The molecule has 0 N–H and O–H groups in total. The third kappa shape index (κ3) is 9.78. The van der Waals surface area contributed by atoms with Crippen molar-refractivity contribution in [2.75, 3.05) is 27.1 Å². The normalized spacial score (nSPS) is 11.5. The molecule has 0 aromatic rings. The van der Waals surface area contributed by atoms with Gasteiger partial charge in [-0.25, -0.2) is 0 Å². The molecule has 0 fully saturated rings. The lowest BCUT2D eigenvalue weighted by atomic mass is 10.1. The predicted octanol–water partition coefficient (Wildman–Crippen LogP) is 4.20. The van der Waals surface area contributed by atoms with Gasteiger partial charge in [-0.2, -0.15) is 5.26 Å². The van der Waals surface area contributed by atoms with Crippen LogP contribution >= 0.6 is 11.8 Å². The van der Waals surface area contributed by atoms with Gasteiger partial charge in [0.05, 0.1) is 0 Å². The van der Waals surface area contributed by atoms with Crippen molar-refractivity contribution < 1.29 is 13.3 Å². The second-order valence-electron chi connectivity index (χ2n) is 4.81. The lowest BCUT2D eigenvalue weighted by Gasteiger charge is -2.24. The Hall–Kier alpha value is -0.0631. The first-order chi connectivity index (χ1) is 9.74. The van der Waals surface area contributed by atoms with E-state index in [-0.39, 0.29) is 0 Å². The Kier molecular flexibility index (Phi) is 13.9. The average Bonchev–Trinajstić information content (AvgIpc) is 2.49. The molecule has 0 atom stereocenters. The highest BCUT2D eigenvalue weighted by molar-refractivity contribution is 8.03. The Labute approximate surface area is 129 Å². The van der Waals surface area contributed by atoms with E-state index in [4.69, 9.17) is 18.5 Å². The molecule has 118 valence electrons. The molecule has 0 heterocycles. The number of unbranched alkanes of at least 4 members (excludes halogenated alkanes) is 7. The molecule has 0 aromatic carbocycles. The van der Waals surface area contributed by atoms with Crippen LogP contribution in [0.25, 0.3) is 0 Å². The molecule has 0 amide bonds. The van der Waals surface area contributed by atoms with E-state index in [1.165, 1.54) is 56.7 Å². The van der Waals surface area contributed by atoms with Crippen LogP contribution in [-0.4, -0.2) is 35.9 Å². The molecule has 0 rings (SSSR count). The maximum absolute atomic E-state index is 8.39. The highest BCUT2D eigenvalue weighted by Crippen LogP contribution is 2.18. The molecule has 0 saturated carbocycles. The van der Waals surface area contributed by atoms with Crippen LogP contribution in [0.3, 0.4) is 0 Å². The largest absolute Gasteiger partial charge is 0.500 e. The van der Waals surface area contributed by atoms with Gasteiger partial charge in [-0.05, 0) is 24.6 Å². The van der Waals surface area contributed by atoms with Gasteiger partial charge in [-0.1, -0.05) is 38.5 Å². The van der Waals surface area contributed by atoms with Crippen molar-refractivity contribution in [3.63, 3.8) is 0 Å². The van der Waals surface area contributed by atoms with E-state index in [9.17, 15) is 0 Å². The van der Waals surface area contributed by atoms with Crippen LogP contribution in [0.4, 0.5) is 0 Å². The van der Waals surface area contributed by atoms with Gasteiger partial charge in [0.2, 0.25) is 0 Å². The van der Waals surface area contributed by atoms with Crippen molar-refractivity contribution in [2.45, 2.75) is 57.4 Å². The molecule has 0 aliphatic heterocycles. The molecule has 0 aliphatic rings. The molecule has 0 saturated heterocycles. The molecule has 20 heavy (non-hydrogen) atoms. The van der Waals surface area contributed by atoms with Gasteiger partial charge in [0.25, 0.3) is 0 Å². The second-order valence-corrected chi connectivity index (χ2v) is 8.78. The van der Waals surface area contributed by atoms with Crippen LogP contribution in [0, 0.1) is 10.7 Å². The third-order valence-electron chi connectivity index (χ3n) is 3.48. The topological polar surface area (TPSA) is 51.5 Å². The van der Waals surface area contributed by atoms with E-state index in [1.54, 1.807) is 21.3 Å². The van der Waals surface area contributed by atoms with Crippen LogP contribution in [0.15, 0.2) is 0 Å². The van der Waals surface area contributed by atoms with Crippen molar-refractivity contribution in [3.05, 3.63) is 0 Å². The Morgan fingerprint density at radius 1 is 0.800 bits per heavy atom. The highest BCUT2D eigenvalue weighted by Gasteiger charge is 2.36. The Bertz CT molecular complexity index is 249. The molecule has 0 bridgehead atoms. The summed E-state index contributed by atoms with van der Waals surface area (Å²) in [5.41, 5.74) is 0. The monoisotopic (exact) mass is 319 g/mol. The lowest BCUT2D eigenvalue weighted by molar-refractivity contribution is 0.122. The van der Waals surface area contributed by atoms with E-state index in [0.29, 0.717) is 0 Å². The summed E-state index contributed by atoms with van der Waals surface area (Å²) < 4.78 is 16.2. The smallest absolute Gasteiger partial charge is 0.377 e. The molecule has 0 spiro atoms. The van der Waals surface area contributed by atoms with Crippen LogP contribution < -0.4 is 0 Å². The van der Waals surface area contributed by atoms with Gasteiger partial charge in [0.1, 0.15) is 5.40 Å². The van der Waals surface area contributed by atoms with Crippen molar-refractivity contribution in [1.82, 2.24) is 0 Å². The van der Waals surface area contributed by atoms with Gasteiger partial charge >= 0.3 is 8.80 Å². The number of hydrogen-bond acceptors (Lipinski definition) is 5. The zero-order valence-corrected chi connectivity index (χ0v) is 15.0. The molecule has 0 aliphatic carbocycles. The summed E-state index contributed by atoms with van der Waals surface area (Å²) in [5.74, 6) is 0.980. The minimum absolute atomic E-state index is 0.905. The van der Waals surface area contributed by atoms with Gasteiger partial charge in [-0.3, -0.25) is 0 Å². The zero-order valence-electron chi connectivity index (χ0n) is 13.2. The van der Waals surface area contributed by atoms with Crippen molar-refractivity contribution in [2.24, 2.45) is 0 Å². The summed E-state index contributed by atoms with van der Waals surface area (Å²) in [6.07, 6.45) is 9.91. The molecular weight excluding hydrogens is 290 g/mol. The van der Waals surface area contributed by atoms with Crippen molar-refractivity contribution in [3.8, 4) is 5.40 Å². The molecular formula is C14H29NO3SSi. The first-order valence-electron chi connectivity index (χ1n) is 7.41. The van der Waals surface area contributed by atoms with Crippen LogP contribution in [-0.2, 0) is 13.3 Å². The summed E-state index contributed by atoms with van der Waals surface area (Å²) in [6, 6.07) is 0.905. The zero-order chi connectivity index (χ0) is 15.1. The van der Waals surface area contributed by atoms with E-state index in [1.807, 2.05) is 0 Å². The number of hydrogen-bond donors (Lipinski definition) is 0. The SMILES string of the molecule is CO[Si](CCCCCCCCCCSC#N)(OC)OC. The first kappa shape index (κ1) is 19.9. The fraction of sp³-hybridized carbons (Fsp3) is 0.929. The number of nitriles is 1. The van der Waals surface area contributed by atoms with E-state index in [0.717, 1.165) is 18.2 Å². The van der Waals surface area contributed by atoms with E-state index < -0.39 is 8.80 Å². The van der Waals surface area contributed by atoms with Crippen molar-refractivity contribution >= 4 is 20.6 Å². The average molecular weight is 320 g/mol. The van der Waals surface area contributed by atoms with E-state index in [2.05, 4.69) is 5.40 Å². The van der Waals surface area contributed by atoms with Gasteiger partial charge in [0.15, 0.2) is 0 Å². The summed E-state index contributed by atoms with van der Waals surface area (Å²) >= 11 is 1.37. The highest BCUT2D eigenvalue weighted by atomic mass is 32.2. The van der Waals surface area contributed by atoms with Crippen LogP contribution in [0.5, 0.6) is 0 Å². The standard InChI is InChI=1S/C14H29NO3SSi/c1-16-20(17-2,18-3)13-11-9-7-5-4-6-8-10-12-19-14-15/h4-13H2,1-3H3. The molecule has 0 radical (unpaired) electrons. The van der Waals surface area contributed by atoms with Crippen molar-refractivity contribution in [1.29, 1.82) is 5.26 Å². The predicted molar refractivity (Wildman–Crippen MR) is 86.6 cm³/mol. The van der Waals surface area contributed by atoms with E-state index >= 15 is 0 Å². The lowest BCUT2D eigenvalue weighted by Crippen LogP contribution is -2.42. The fourth-order valence-electron chi connectivity index (χ4n) is 2.18. The van der Waals surface area contributed by atoms with Crippen LogP contribution in [0.1, 0.15) is 51.4 Å². The summed E-state index contributed by atoms with van der Waals surface area (Å²) in [5, 5.41) is 10.5. The Balaban J connectivity index is 3.34. The Morgan fingerprint density at radius 3 is 1.70 bits per heavy atom. The maximum Gasteiger partial charge on any atom is 0.500 e. The maximum atomic E-state index is 8.39. The second kappa shape index (κ2) is 13.9. The minimum Gasteiger partial charge on any atom is -0.377 e. The van der Waals surface area contributed by atoms with Gasteiger partial charge in [0, 0.05) is 33.1 Å². The number of nitrogens with zero attached hydrogens (tertiary/aromatic N) is 1. The third-order valence-corrected chi connectivity index (χ3v) is 6.93. The number of rotatable bonds is 14. The molecule has 4 nitrogen and oxygen atoms in total. The minimum atomic E-state index is -2.34. The Morgan fingerprint density at radius 2 is 1.25 bits per heavy atom. The summed E-state index contributed by atoms with van der Waals surface area (Å²) in [6.45, 7) is 0. The number of thioether (sulfide) groups is 1. The van der Waals surface area contributed by atoms with Gasteiger partial charge < -0.3 is 13.3 Å². The first-order valence-corrected chi connectivity index (χ1v) is 10.3. The summed E-state index contributed by atoms with van der Waals surface area (Å²) in [4.78, 5) is 0. The molecule has 0 unspecified atom stereocenters. The fourth-order valence-corrected chi connectivity index (χ4v) is 4.41. The summed E-state index contributed by atoms with van der Waals surface area (Å²) in [7, 11) is 2.67. The molecule has 6 heteroatoms. The van der Waals surface area contributed by atoms with Gasteiger partial charge in [-0.15, -0.1) is 0 Å². The quantitative estimate of drug-likeness (QED) is 0.273. The van der Waals surface area contributed by atoms with Crippen LogP contribution in [0.2, 0.25) is 6.04 Å².